The fourth-order valence-electron chi connectivity index (χ4n) is 2.40. The summed E-state index contributed by atoms with van der Waals surface area (Å²) in [5.74, 6) is -1.15. The van der Waals surface area contributed by atoms with Crippen molar-refractivity contribution in [2.45, 2.75) is 19.4 Å². The first-order chi connectivity index (χ1) is 12.4. The summed E-state index contributed by atoms with van der Waals surface area (Å²) in [6.45, 7) is 1.75. The van der Waals surface area contributed by atoms with Crippen molar-refractivity contribution in [3.63, 3.8) is 0 Å². The van der Waals surface area contributed by atoms with E-state index in [0.717, 1.165) is 11.1 Å². The lowest BCUT2D eigenvalue weighted by Crippen LogP contribution is -2.29. The van der Waals surface area contributed by atoms with E-state index in [2.05, 4.69) is 5.32 Å². The summed E-state index contributed by atoms with van der Waals surface area (Å²) in [4.78, 5) is 24.0. The summed E-state index contributed by atoms with van der Waals surface area (Å²) in [6, 6.07) is 12.2. The van der Waals surface area contributed by atoms with Crippen LogP contribution in [0.15, 0.2) is 54.6 Å². The van der Waals surface area contributed by atoms with Crippen molar-refractivity contribution >= 4 is 29.1 Å². The molecule has 1 unspecified atom stereocenters. The molecule has 0 saturated heterocycles. The number of methoxy groups -OCH3 is 1. The molecule has 1 amide bonds. The molecule has 0 fully saturated rings. The quantitative estimate of drug-likeness (QED) is 0.605. The topological polar surface area (TPSA) is 55.4 Å². The van der Waals surface area contributed by atoms with Crippen molar-refractivity contribution in [2.75, 3.05) is 7.11 Å². The molecule has 2 rings (SSSR count). The van der Waals surface area contributed by atoms with Gasteiger partial charge in [0, 0.05) is 11.1 Å². The summed E-state index contributed by atoms with van der Waals surface area (Å²) in [5.41, 5.74) is 2.15. The molecule has 1 N–H and O–H groups in total. The Kier molecular flexibility index (Phi) is 6.92. The van der Waals surface area contributed by atoms with E-state index in [1.54, 1.807) is 43.3 Å². The third-order valence-electron chi connectivity index (χ3n) is 3.83. The number of hydrogen-bond acceptors (Lipinski definition) is 3. The van der Waals surface area contributed by atoms with Crippen molar-refractivity contribution in [2.24, 2.45) is 0 Å². The molecule has 0 heterocycles. The highest BCUT2D eigenvalue weighted by Gasteiger charge is 2.18. The Labute approximate surface area is 156 Å². The minimum absolute atomic E-state index is 0.00664. The van der Waals surface area contributed by atoms with Crippen molar-refractivity contribution in [3.05, 3.63) is 76.6 Å². The van der Waals surface area contributed by atoms with Crippen LogP contribution >= 0.6 is 11.6 Å². The predicted molar refractivity (Wildman–Crippen MR) is 99.0 cm³/mol. The Morgan fingerprint density at radius 1 is 1.15 bits per heavy atom. The molecule has 0 saturated carbocycles. The lowest BCUT2D eigenvalue weighted by molar-refractivity contribution is -0.141. The van der Waals surface area contributed by atoms with E-state index < -0.39 is 12.0 Å². The Hall–Kier alpha value is -2.66. The fourth-order valence-corrected chi connectivity index (χ4v) is 2.53. The highest BCUT2D eigenvalue weighted by atomic mass is 35.5. The number of ether oxygens (including phenoxy) is 1. The van der Waals surface area contributed by atoms with Gasteiger partial charge >= 0.3 is 5.97 Å². The van der Waals surface area contributed by atoms with Gasteiger partial charge in [-0.3, -0.25) is 9.59 Å². The molecule has 2 aromatic carbocycles. The minimum atomic E-state index is -0.551. The van der Waals surface area contributed by atoms with Crippen LogP contribution in [0.2, 0.25) is 5.02 Å². The zero-order valence-electron chi connectivity index (χ0n) is 14.5. The summed E-state index contributed by atoms with van der Waals surface area (Å²) < 4.78 is 17.7. The first-order valence-corrected chi connectivity index (χ1v) is 8.34. The van der Waals surface area contributed by atoms with Gasteiger partial charge in [0.25, 0.3) is 0 Å². The SMILES string of the molecule is COC(=O)CC(NC(=O)/C=C(/C)c1ccc(F)cc1)c1ccc(Cl)cc1. The summed E-state index contributed by atoms with van der Waals surface area (Å²) in [6.07, 6.45) is 1.40. The standard InChI is InChI=1S/C20H19ClFNO3/c1-13(14-5-9-17(22)10-6-14)11-19(24)23-18(12-20(25)26-2)15-3-7-16(21)8-4-15/h3-11,18H,12H2,1-2H3,(H,23,24)/b13-11-. The van der Waals surface area contributed by atoms with Crippen LogP contribution in [0, 0.1) is 5.82 Å². The van der Waals surface area contributed by atoms with Crippen molar-refractivity contribution in [1.29, 1.82) is 0 Å². The number of allylic oxidation sites excluding steroid dienone is 1. The molecule has 0 aromatic heterocycles. The molecule has 4 nitrogen and oxygen atoms in total. The van der Waals surface area contributed by atoms with Gasteiger partial charge in [0.15, 0.2) is 0 Å². The molecule has 0 aliphatic rings. The van der Waals surface area contributed by atoms with E-state index in [1.165, 1.54) is 25.3 Å². The van der Waals surface area contributed by atoms with E-state index in [4.69, 9.17) is 16.3 Å². The number of carbonyl (C=O) groups is 2. The molecule has 0 radical (unpaired) electrons. The van der Waals surface area contributed by atoms with Crippen LogP contribution in [0.4, 0.5) is 4.39 Å². The van der Waals surface area contributed by atoms with E-state index in [1.807, 2.05) is 0 Å². The second-order valence-electron chi connectivity index (χ2n) is 5.73. The maximum Gasteiger partial charge on any atom is 0.307 e. The maximum atomic E-state index is 13.0. The van der Waals surface area contributed by atoms with Crippen LogP contribution in [0.1, 0.15) is 30.5 Å². The largest absolute Gasteiger partial charge is 0.469 e. The van der Waals surface area contributed by atoms with Crippen molar-refractivity contribution < 1.29 is 18.7 Å². The van der Waals surface area contributed by atoms with Crippen molar-refractivity contribution in [3.8, 4) is 0 Å². The average Bonchev–Trinajstić information content (AvgIpc) is 2.62. The van der Waals surface area contributed by atoms with Gasteiger partial charge in [0.1, 0.15) is 5.82 Å². The highest BCUT2D eigenvalue weighted by Crippen LogP contribution is 2.21. The molecule has 0 aliphatic heterocycles. The Morgan fingerprint density at radius 3 is 2.35 bits per heavy atom. The normalized spacial score (nSPS) is 12.4. The molecule has 6 heteroatoms. The Bertz CT molecular complexity index is 801. The van der Waals surface area contributed by atoms with E-state index in [0.29, 0.717) is 10.6 Å². The van der Waals surface area contributed by atoms with Gasteiger partial charge in [0.2, 0.25) is 5.91 Å². The van der Waals surface area contributed by atoms with Gasteiger partial charge in [-0.25, -0.2) is 4.39 Å². The highest BCUT2D eigenvalue weighted by molar-refractivity contribution is 6.30. The zero-order valence-corrected chi connectivity index (χ0v) is 15.2. The van der Waals surface area contributed by atoms with E-state index in [-0.39, 0.29) is 18.1 Å². The zero-order chi connectivity index (χ0) is 19.1. The van der Waals surface area contributed by atoms with Gasteiger partial charge < -0.3 is 10.1 Å². The molecule has 0 spiro atoms. The Morgan fingerprint density at radius 2 is 1.77 bits per heavy atom. The number of rotatable bonds is 6. The summed E-state index contributed by atoms with van der Waals surface area (Å²) >= 11 is 5.89. The predicted octanol–water partition coefficient (Wildman–Crippen LogP) is 4.30. The van der Waals surface area contributed by atoms with Gasteiger partial charge in [-0.05, 0) is 47.9 Å². The van der Waals surface area contributed by atoms with Crippen LogP contribution in [0.5, 0.6) is 0 Å². The molecular formula is C20H19ClFNO3. The number of benzene rings is 2. The fraction of sp³-hybridized carbons (Fsp3) is 0.200. The molecule has 0 bridgehead atoms. The van der Waals surface area contributed by atoms with Crippen LogP contribution in [0.25, 0.3) is 5.57 Å². The number of hydrogen-bond donors (Lipinski definition) is 1. The van der Waals surface area contributed by atoms with Gasteiger partial charge in [0.05, 0.1) is 19.6 Å². The number of amides is 1. The number of nitrogens with one attached hydrogen (secondary N) is 1. The van der Waals surface area contributed by atoms with Crippen LogP contribution in [0.3, 0.4) is 0 Å². The first-order valence-electron chi connectivity index (χ1n) is 7.96. The third-order valence-corrected chi connectivity index (χ3v) is 4.09. The van der Waals surface area contributed by atoms with E-state index >= 15 is 0 Å². The average molecular weight is 376 g/mol. The molecule has 0 aliphatic carbocycles. The second-order valence-corrected chi connectivity index (χ2v) is 6.16. The monoisotopic (exact) mass is 375 g/mol. The molecule has 1 atom stereocenters. The van der Waals surface area contributed by atoms with Gasteiger partial charge in [-0.1, -0.05) is 35.9 Å². The van der Waals surface area contributed by atoms with Gasteiger partial charge in [-0.15, -0.1) is 0 Å². The van der Waals surface area contributed by atoms with Gasteiger partial charge in [-0.2, -0.15) is 0 Å². The van der Waals surface area contributed by atoms with E-state index in [9.17, 15) is 14.0 Å². The van der Waals surface area contributed by atoms with Crippen molar-refractivity contribution in [1.82, 2.24) is 5.32 Å². The minimum Gasteiger partial charge on any atom is -0.469 e. The molecule has 26 heavy (non-hydrogen) atoms. The van der Waals surface area contributed by atoms with Crippen LogP contribution in [-0.2, 0) is 14.3 Å². The maximum absolute atomic E-state index is 13.0. The lowest BCUT2D eigenvalue weighted by atomic mass is 10.0. The molecule has 2 aromatic rings. The number of carbonyl (C=O) groups excluding carboxylic acids is 2. The summed E-state index contributed by atoms with van der Waals surface area (Å²) in [5, 5.41) is 3.36. The first kappa shape index (κ1) is 19.7. The lowest BCUT2D eigenvalue weighted by Gasteiger charge is -2.17. The van der Waals surface area contributed by atoms with Crippen LogP contribution < -0.4 is 5.32 Å². The number of esters is 1. The Balaban J connectivity index is 2.16. The third kappa shape index (κ3) is 5.70. The number of halogens is 2. The smallest absolute Gasteiger partial charge is 0.307 e. The van der Waals surface area contributed by atoms with Crippen LogP contribution in [-0.4, -0.2) is 19.0 Å². The summed E-state index contributed by atoms with van der Waals surface area (Å²) in [7, 11) is 1.29. The molecule has 136 valence electrons. The molecular weight excluding hydrogens is 357 g/mol. The second kappa shape index (κ2) is 9.15.